The molecule has 2 N–H and O–H groups in total. The molecule has 1 aromatic rings. The summed E-state index contributed by atoms with van der Waals surface area (Å²) >= 11 is 0. The molecule has 0 radical (unpaired) electrons. The molecular weight excluding hydrogens is 276 g/mol. The molecule has 0 spiro atoms. The summed E-state index contributed by atoms with van der Waals surface area (Å²) in [7, 11) is 1.60. The topological polar surface area (TPSA) is 92.0 Å². The minimum atomic E-state index is -1.03. The summed E-state index contributed by atoms with van der Waals surface area (Å²) in [5.74, 6) is -0.264. The maximum absolute atomic E-state index is 12.1. The minimum Gasteiger partial charge on any atom is -0.478 e. The van der Waals surface area contributed by atoms with Gasteiger partial charge in [0.1, 0.15) is 17.1 Å². The number of aryl methyl sites for hydroxylation is 1. The molecule has 0 aliphatic heterocycles. The highest BCUT2D eigenvalue weighted by atomic mass is 16.5. The van der Waals surface area contributed by atoms with E-state index in [0.29, 0.717) is 24.7 Å². The highest BCUT2D eigenvalue weighted by Crippen LogP contribution is 2.26. The van der Waals surface area contributed by atoms with Gasteiger partial charge >= 0.3 is 12.0 Å². The van der Waals surface area contributed by atoms with Crippen molar-refractivity contribution in [3.05, 3.63) is 23.2 Å². The van der Waals surface area contributed by atoms with E-state index in [2.05, 4.69) is 5.32 Å². The third kappa shape index (κ3) is 3.98. The maximum atomic E-state index is 12.1. The molecule has 1 fully saturated rings. The van der Waals surface area contributed by atoms with Gasteiger partial charge in [-0.1, -0.05) is 0 Å². The summed E-state index contributed by atoms with van der Waals surface area (Å²) in [4.78, 5) is 24.8. The zero-order chi connectivity index (χ0) is 15.4. The standard InChI is InChI=1S/C14H20N2O5/c1-9-12(13(17)18)7-11(21-9)8-15-14(19)16(5-6-20-2)10-3-4-10/h7,10H,3-6,8H2,1-2H3,(H,15,19)(H,17,18). The van der Waals surface area contributed by atoms with Crippen molar-refractivity contribution in [3.8, 4) is 0 Å². The van der Waals surface area contributed by atoms with Crippen LogP contribution in [0, 0.1) is 6.92 Å². The zero-order valence-corrected chi connectivity index (χ0v) is 12.2. The van der Waals surface area contributed by atoms with Crippen LogP contribution in [0.5, 0.6) is 0 Å². The number of carboxylic acid groups (broad SMARTS) is 1. The first-order valence-corrected chi connectivity index (χ1v) is 6.89. The fraction of sp³-hybridized carbons (Fsp3) is 0.571. The van der Waals surface area contributed by atoms with Crippen LogP contribution in [-0.2, 0) is 11.3 Å². The van der Waals surface area contributed by atoms with Crippen LogP contribution >= 0.6 is 0 Å². The Kier molecular flexibility index (Phi) is 4.85. The molecule has 0 aromatic carbocycles. The van der Waals surface area contributed by atoms with E-state index in [1.54, 1.807) is 18.9 Å². The monoisotopic (exact) mass is 296 g/mol. The van der Waals surface area contributed by atoms with Gasteiger partial charge in [0, 0.05) is 19.7 Å². The number of carbonyl (C=O) groups is 2. The number of urea groups is 1. The second kappa shape index (κ2) is 6.62. The van der Waals surface area contributed by atoms with Crippen molar-refractivity contribution in [1.29, 1.82) is 0 Å². The first kappa shape index (κ1) is 15.4. The quantitative estimate of drug-likeness (QED) is 0.797. The van der Waals surface area contributed by atoms with E-state index in [9.17, 15) is 9.59 Å². The normalized spacial score (nSPS) is 14.0. The van der Waals surface area contributed by atoms with Crippen LogP contribution in [0.2, 0.25) is 0 Å². The van der Waals surface area contributed by atoms with Crippen LogP contribution in [0.3, 0.4) is 0 Å². The Bertz CT molecular complexity index is 521. The summed E-state index contributed by atoms with van der Waals surface area (Å²) in [5, 5.41) is 11.7. The predicted octanol–water partition coefficient (Wildman–Crippen LogP) is 1.61. The van der Waals surface area contributed by atoms with Crippen LogP contribution in [0.1, 0.15) is 34.7 Å². The van der Waals surface area contributed by atoms with Crippen molar-refractivity contribution in [2.45, 2.75) is 32.4 Å². The highest BCUT2D eigenvalue weighted by molar-refractivity contribution is 5.88. The molecule has 116 valence electrons. The van der Waals surface area contributed by atoms with E-state index in [1.165, 1.54) is 6.07 Å². The molecule has 0 bridgehead atoms. The average molecular weight is 296 g/mol. The summed E-state index contributed by atoms with van der Waals surface area (Å²) in [6, 6.07) is 1.54. The average Bonchev–Trinajstić information content (AvgIpc) is 3.19. The van der Waals surface area contributed by atoms with Crippen molar-refractivity contribution in [2.24, 2.45) is 0 Å². The number of ether oxygens (including phenoxy) is 1. The van der Waals surface area contributed by atoms with Crippen LogP contribution in [0.15, 0.2) is 10.5 Å². The number of nitrogens with zero attached hydrogens (tertiary/aromatic N) is 1. The maximum Gasteiger partial charge on any atom is 0.339 e. The Hall–Kier alpha value is -2.02. The molecule has 7 heteroatoms. The molecule has 1 aromatic heterocycles. The molecule has 0 atom stereocenters. The highest BCUT2D eigenvalue weighted by Gasteiger charge is 2.32. The number of nitrogens with one attached hydrogen (secondary N) is 1. The van der Waals surface area contributed by atoms with E-state index in [0.717, 1.165) is 12.8 Å². The van der Waals surface area contributed by atoms with Gasteiger partial charge in [-0.25, -0.2) is 9.59 Å². The summed E-state index contributed by atoms with van der Waals surface area (Å²) in [6.07, 6.45) is 2.03. The van der Waals surface area contributed by atoms with E-state index < -0.39 is 5.97 Å². The molecule has 21 heavy (non-hydrogen) atoms. The summed E-state index contributed by atoms with van der Waals surface area (Å²) in [5.41, 5.74) is 0.123. The molecule has 1 heterocycles. The molecular formula is C14H20N2O5. The van der Waals surface area contributed by atoms with Crippen molar-refractivity contribution >= 4 is 12.0 Å². The number of hydrogen-bond donors (Lipinski definition) is 2. The Labute approximate surface area is 122 Å². The lowest BCUT2D eigenvalue weighted by Gasteiger charge is -2.22. The van der Waals surface area contributed by atoms with Gasteiger partial charge in [0.05, 0.1) is 13.2 Å². The number of rotatable bonds is 7. The second-order valence-electron chi connectivity index (χ2n) is 5.06. The molecule has 1 aliphatic carbocycles. The second-order valence-corrected chi connectivity index (χ2v) is 5.06. The summed E-state index contributed by atoms with van der Waals surface area (Å²) in [6.45, 7) is 2.80. The largest absolute Gasteiger partial charge is 0.478 e. The van der Waals surface area contributed by atoms with Crippen LogP contribution in [0.4, 0.5) is 4.79 Å². The van der Waals surface area contributed by atoms with Crippen molar-refractivity contribution in [1.82, 2.24) is 10.2 Å². The van der Waals surface area contributed by atoms with E-state index >= 15 is 0 Å². The number of aromatic carboxylic acids is 1. The van der Waals surface area contributed by atoms with Crippen molar-refractivity contribution < 1.29 is 23.8 Å². The number of hydrogen-bond acceptors (Lipinski definition) is 4. The first-order chi connectivity index (χ1) is 10.0. The number of furan rings is 1. The lowest BCUT2D eigenvalue weighted by molar-refractivity contribution is 0.0695. The summed E-state index contributed by atoms with van der Waals surface area (Å²) < 4.78 is 10.3. The predicted molar refractivity (Wildman–Crippen MR) is 74.2 cm³/mol. The number of amides is 2. The fourth-order valence-electron chi connectivity index (χ4n) is 2.13. The van der Waals surface area contributed by atoms with Gasteiger partial charge in [0.2, 0.25) is 0 Å². The van der Waals surface area contributed by atoms with Gasteiger partial charge in [-0.2, -0.15) is 0 Å². The lowest BCUT2D eigenvalue weighted by atomic mass is 10.2. The Balaban J connectivity index is 1.90. The van der Waals surface area contributed by atoms with Gasteiger partial charge in [-0.3, -0.25) is 0 Å². The van der Waals surface area contributed by atoms with Gasteiger partial charge in [0.25, 0.3) is 0 Å². The number of carboxylic acids is 1. The molecule has 0 saturated heterocycles. The number of carbonyl (C=O) groups excluding carboxylic acids is 1. The molecule has 1 saturated carbocycles. The van der Waals surface area contributed by atoms with E-state index in [4.69, 9.17) is 14.3 Å². The lowest BCUT2D eigenvalue weighted by Crippen LogP contribution is -2.42. The number of methoxy groups -OCH3 is 1. The van der Waals surface area contributed by atoms with Crippen LogP contribution in [-0.4, -0.2) is 48.3 Å². The third-order valence-electron chi connectivity index (χ3n) is 3.40. The van der Waals surface area contributed by atoms with Crippen molar-refractivity contribution in [3.63, 3.8) is 0 Å². The van der Waals surface area contributed by atoms with Gasteiger partial charge in [-0.15, -0.1) is 0 Å². The molecule has 0 unspecified atom stereocenters. The third-order valence-corrected chi connectivity index (χ3v) is 3.40. The van der Waals surface area contributed by atoms with Gasteiger partial charge in [0.15, 0.2) is 0 Å². The minimum absolute atomic E-state index is 0.123. The molecule has 2 rings (SSSR count). The van der Waals surface area contributed by atoms with Crippen LogP contribution in [0.25, 0.3) is 0 Å². The molecule has 2 amide bonds. The Morgan fingerprint density at radius 3 is 2.76 bits per heavy atom. The fourth-order valence-corrected chi connectivity index (χ4v) is 2.13. The van der Waals surface area contributed by atoms with Gasteiger partial charge < -0.3 is 24.5 Å². The molecule has 1 aliphatic rings. The van der Waals surface area contributed by atoms with E-state index in [-0.39, 0.29) is 24.2 Å². The van der Waals surface area contributed by atoms with Crippen molar-refractivity contribution in [2.75, 3.05) is 20.3 Å². The first-order valence-electron chi connectivity index (χ1n) is 6.89. The smallest absolute Gasteiger partial charge is 0.339 e. The van der Waals surface area contributed by atoms with E-state index in [1.807, 2.05) is 0 Å². The molecule has 7 nitrogen and oxygen atoms in total. The van der Waals surface area contributed by atoms with Gasteiger partial charge in [-0.05, 0) is 25.8 Å². The van der Waals surface area contributed by atoms with Crippen LogP contribution < -0.4 is 5.32 Å². The Morgan fingerprint density at radius 2 is 2.24 bits per heavy atom. The SMILES string of the molecule is COCCN(C(=O)NCc1cc(C(=O)O)c(C)o1)C1CC1. The Morgan fingerprint density at radius 1 is 1.52 bits per heavy atom. The zero-order valence-electron chi connectivity index (χ0n) is 12.2.